The van der Waals surface area contributed by atoms with E-state index in [2.05, 4.69) is 15.5 Å². The molecular formula is C12H14N4O3. The molecule has 0 spiro atoms. The van der Waals surface area contributed by atoms with Crippen LogP contribution >= 0.6 is 0 Å². The van der Waals surface area contributed by atoms with Crippen molar-refractivity contribution < 1.29 is 9.45 Å². The fourth-order valence-corrected chi connectivity index (χ4v) is 1.75. The highest BCUT2D eigenvalue weighted by Gasteiger charge is 2.16. The molecule has 0 aliphatic heterocycles. The first kappa shape index (κ1) is 13.0. The topological polar surface area (TPSA) is 94.1 Å². The minimum absolute atomic E-state index is 0.0441. The smallest absolute Gasteiger partial charge is 0.311 e. The summed E-state index contributed by atoms with van der Waals surface area (Å²) in [6.45, 7) is 5.80. The van der Waals surface area contributed by atoms with Crippen LogP contribution in [0.25, 0.3) is 0 Å². The van der Waals surface area contributed by atoms with Crippen molar-refractivity contribution in [3.63, 3.8) is 0 Å². The summed E-state index contributed by atoms with van der Waals surface area (Å²) < 4.78 is 5.04. The van der Waals surface area contributed by atoms with E-state index in [0.29, 0.717) is 18.0 Å². The van der Waals surface area contributed by atoms with Crippen molar-refractivity contribution in [2.45, 2.75) is 27.3 Å². The Morgan fingerprint density at radius 1 is 1.37 bits per heavy atom. The molecule has 2 aromatic rings. The number of nitro groups is 1. The Hall–Kier alpha value is -2.44. The highest BCUT2D eigenvalue weighted by molar-refractivity contribution is 5.56. The Kier molecular flexibility index (Phi) is 3.46. The highest BCUT2D eigenvalue weighted by atomic mass is 16.6. The summed E-state index contributed by atoms with van der Waals surface area (Å²) in [4.78, 5) is 14.6. The maximum atomic E-state index is 10.9. The predicted octanol–water partition coefficient (Wildman–Crippen LogP) is 2.52. The molecule has 0 aliphatic rings. The number of pyridine rings is 1. The van der Waals surface area contributed by atoms with Crippen LogP contribution in [0.15, 0.2) is 16.7 Å². The minimum Gasteiger partial charge on any atom is -0.361 e. The van der Waals surface area contributed by atoms with E-state index in [0.717, 1.165) is 11.3 Å². The second kappa shape index (κ2) is 5.05. The van der Waals surface area contributed by atoms with Crippen molar-refractivity contribution in [3.05, 3.63) is 45.0 Å². The van der Waals surface area contributed by atoms with Crippen LogP contribution in [0.3, 0.4) is 0 Å². The maximum absolute atomic E-state index is 10.9. The molecule has 2 heterocycles. The SMILES string of the molecule is Cc1ccc([N+](=O)[O-])c(NCc2c(C)noc2C)n1. The summed E-state index contributed by atoms with van der Waals surface area (Å²) >= 11 is 0. The zero-order valence-corrected chi connectivity index (χ0v) is 10.9. The first-order chi connectivity index (χ1) is 8.99. The minimum atomic E-state index is -0.456. The van der Waals surface area contributed by atoms with Crippen LogP contribution in [0.2, 0.25) is 0 Å². The number of anilines is 1. The third kappa shape index (κ3) is 2.70. The van der Waals surface area contributed by atoms with Crippen molar-refractivity contribution in [1.82, 2.24) is 10.1 Å². The van der Waals surface area contributed by atoms with E-state index in [1.165, 1.54) is 6.07 Å². The van der Waals surface area contributed by atoms with Gasteiger partial charge in [-0.2, -0.15) is 0 Å². The number of hydrogen-bond donors (Lipinski definition) is 1. The third-order valence-corrected chi connectivity index (χ3v) is 2.82. The van der Waals surface area contributed by atoms with Crippen LogP contribution in [-0.2, 0) is 6.54 Å². The van der Waals surface area contributed by atoms with E-state index in [4.69, 9.17) is 4.52 Å². The molecule has 0 radical (unpaired) electrons. The van der Waals surface area contributed by atoms with Crippen LogP contribution in [0, 0.1) is 30.9 Å². The quantitative estimate of drug-likeness (QED) is 0.672. The maximum Gasteiger partial charge on any atom is 0.311 e. The molecule has 0 saturated heterocycles. The molecule has 0 bridgehead atoms. The molecule has 0 aliphatic carbocycles. The number of rotatable bonds is 4. The van der Waals surface area contributed by atoms with Gasteiger partial charge < -0.3 is 9.84 Å². The van der Waals surface area contributed by atoms with Gasteiger partial charge in [0.2, 0.25) is 5.82 Å². The summed E-state index contributed by atoms with van der Waals surface area (Å²) in [6, 6.07) is 3.05. The van der Waals surface area contributed by atoms with Crippen molar-refractivity contribution >= 4 is 11.5 Å². The third-order valence-electron chi connectivity index (χ3n) is 2.82. The molecule has 0 unspecified atom stereocenters. The van der Waals surface area contributed by atoms with Gasteiger partial charge in [0.15, 0.2) is 0 Å². The zero-order valence-electron chi connectivity index (χ0n) is 10.9. The predicted molar refractivity (Wildman–Crippen MR) is 68.9 cm³/mol. The van der Waals surface area contributed by atoms with Gasteiger partial charge >= 0.3 is 5.69 Å². The number of aryl methyl sites for hydroxylation is 3. The molecule has 0 aromatic carbocycles. The summed E-state index contributed by atoms with van der Waals surface area (Å²) in [5.41, 5.74) is 2.32. The van der Waals surface area contributed by atoms with E-state index in [1.807, 2.05) is 6.92 Å². The molecule has 0 fully saturated rings. The molecule has 0 saturated carbocycles. The van der Waals surface area contributed by atoms with Gasteiger partial charge in [-0.1, -0.05) is 5.16 Å². The lowest BCUT2D eigenvalue weighted by molar-refractivity contribution is -0.384. The standard InChI is InChI=1S/C12H14N4O3/c1-7-4-5-11(16(17)18)12(14-7)13-6-10-8(2)15-19-9(10)3/h4-5H,6H2,1-3H3,(H,13,14). The molecule has 0 amide bonds. The Labute approximate surface area is 109 Å². The Morgan fingerprint density at radius 3 is 2.68 bits per heavy atom. The molecule has 19 heavy (non-hydrogen) atoms. The van der Waals surface area contributed by atoms with Gasteiger partial charge in [0.1, 0.15) is 5.76 Å². The first-order valence-corrected chi connectivity index (χ1v) is 5.76. The molecule has 7 heteroatoms. The van der Waals surface area contributed by atoms with Gasteiger partial charge in [-0.05, 0) is 26.8 Å². The fourth-order valence-electron chi connectivity index (χ4n) is 1.75. The van der Waals surface area contributed by atoms with Gasteiger partial charge in [0, 0.05) is 23.9 Å². The van der Waals surface area contributed by atoms with E-state index in [-0.39, 0.29) is 11.5 Å². The van der Waals surface area contributed by atoms with Crippen molar-refractivity contribution in [2.75, 3.05) is 5.32 Å². The van der Waals surface area contributed by atoms with E-state index >= 15 is 0 Å². The number of nitrogens with zero attached hydrogens (tertiary/aromatic N) is 3. The Balaban J connectivity index is 2.24. The summed E-state index contributed by atoms with van der Waals surface area (Å²) in [6.07, 6.45) is 0. The lowest BCUT2D eigenvalue weighted by atomic mass is 10.2. The molecular weight excluding hydrogens is 248 g/mol. The average molecular weight is 262 g/mol. The van der Waals surface area contributed by atoms with E-state index in [1.54, 1.807) is 19.9 Å². The second-order valence-electron chi connectivity index (χ2n) is 4.23. The van der Waals surface area contributed by atoms with Crippen molar-refractivity contribution in [1.29, 1.82) is 0 Å². The van der Waals surface area contributed by atoms with Gasteiger partial charge in [0.05, 0.1) is 10.6 Å². The van der Waals surface area contributed by atoms with E-state index < -0.39 is 4.92 Å². The average Bonchev–Trinajstić information content (AvgIpc) is 2.66. The summed E-state index contributed by atoms with van der Waals surface area (Å²) in [5.74, 6) is 0.949. The zero-order chi connectivity index (χ0) is 14.0. The lowest BCUT2D eigenvalue weighted by Gasteiger charge is -2.06. The molecule has 0 atom stereocenters. The molecule has 2 aromatic heterocycles. The first-order valence-electron chi connectivity index (χ1n) is 5.76. The van der Waals surface area contributed by atoms with Gasteiger partial charge in [0.25, 0.3) is 0 Å². The van der Waals surface area contributed by atoms with Crippen LogP contribution in [0.4, 0.5) is 11.5 Å². The highest BCUT2D eigenvalue weighted by Crippen LogP contribution is 2.23. The summed E-state index contributed by atoms with van der Waals surface area (Å²) in [5, 5.41) is 17.7. The largest absolute Gasteiger partial charge is 0.361 e. The number of hydrogen-bond acceptors (Lipinski definition) is 6. The fraction of sp³-hybridized carbons (Fsp3) is 0.333. The van der Waals surface area contributed by atoms with Crippen LogP contribution in [0.5, 0.6) is 0 Å². The number of aromatic nitrogens is 2. The summed E-state index contributed by atoms with van der Waals surface area (Å²) in [7, 11) is 0. The lowest BCUT2D eigenvalue weighted by Crippen LogP contribution is -2.06. The normalized spacial score (nSPS) is 10.5. The molecule has 7 nitrogen and oxygen atoms in total. The van der Waals surface area contributed by atoms with Gasteiger partial charge in [-0.25, -0.2) is 4.98 Å². The molecule has 1 N–H and O–H groups in total. The van der Waals surface area contributed by atoms with Crippen molar-refractivity contribution in [3.8, 4) is 0 Å². The second-order valence-corrected chi connectivity index (χ2v) is 4.23. The monoisotopic (exact) mass is 262 g/mol. The molecule has 100 valence electrons. The van der Waals surface area contributed by atoms with Crippen LogP contribution < -0.4 is 5.32 Å². The Bertz CT molecular complexity index is 602. The molecule has 2 rings (SSSR count). The van der Waals surface area contributed by atoms with Crippen LogP contribution in [-0.4, -0.2) is 15.1 Å². The van der Waals surface area contributed by atoms with Crippen LogP contribution in [0.1, 0.15) is 22.7 Å². The van der Waals surface area contributed by atoms with Crippen molar-refractivity contribution in [2.24, 2.45) is 0 Å². The van der Waals surface area contributed by atoms with Gasteiger partial charge in [-0.15, -0.1) is 0 Å². The van der Waals surface area contributed by atoms with E-state index in [9.17, 15) is 10.1 Å². The Morgan fingerprint density at radius 2 is 2.11 bits per heavy atom. The number of nitrogens with one attached hydrogen (secondary N) is 1. The van der Waals surface area contributed by atoms with Gasteiger partial charge in [-0.3, -0.25) is 10.1 Å².